The van der Waals surface area contributed by atoms with Crippen LogP contribution in [0.5, 0.6) is 0 Å². The summed E-state index contributed by atoms with van der Waals surface area (Å²) in [5.74, 6) is 2.01. The van der Waals surface area contributed by atoms with Gasteiger partial charge in [0.15, 0.2) is 0 Å². The maximum atomic E-state index is 12.4. The van der Waals surface area contributed by atoms with Crippen molar-refractivity contribution in [3.63, 3.8) is 0 Å². The molecule has 0 saturated carbocycles. The Labute approximate surface area is 142 Å². The number of rotatable bonds is 3. The fourth-order valence-electron chi connectivity index (χ4n) is 3.08. The molecule has 0 aromatic carbocycles. The second-order valence-corrected chi connectivity index (χ2v) is 6.83. The predicted octanol–water partition coefficient (Wildman–Crippen LogP) is 1.60. The third-order valence-electron chi connectivity index (χ3n) is 4.68. The summed E-state index contributed by atoms with van der Waals surface area (Å²) >= 11 is 0. The summed E-state index contributed by atoms with van der Waals surface area (Å²) < 4.78 is 1.65. The lowest BCUT2D eigenvalue weighted by atomic mass is 10.1. The molecule has 1 aliphatic rings. The van der Waals surface area contributed by atoms with Crippen molar-refractivity contribution in [1.29, 1.82) is 0 Å². The molecule has 3 rings (SSSR count). The number of hydrogen-bond donors (Lipinski definition) is 0. The number of nitrogens with zero attached hydrogens (tertiary/aromatic N) is 5. The molecule has 0 unspecified atom stereocenters. The van der Waals surface area contributed by atoms with Gasteiger partial charge in [0.05, 0.1) is 5.69 Å². The summed E-state index contributed by atoms with van der Waals surface area (Å²) in [7, 11) is 1.79. The first kappa shape index (κ1) is 16.8. The van der Waals surface area contributed by atoms with Gasteiger partial charge in [-0.25, -0.2) is 15.0 Å². The van der Waals surface area contributed by atoms with Gasteiger partial charge in [0, 0.05) is 62.5 Å². The molecule has 0 fully saturated rings. The van der Waals surface area contributed by atoms with E-state index in [9.17, 15) is 4.79 Å². The Morgan fingerprint density at radius 3 is 2.50 bits per heavy atom. The van der Waals surface area contributed by atoms with Crippen LogP contribution in [0.2, 0.25) is 0 Å². The minimum atomic E-state index is 0.101. The molecule has 2 aromatic rings. The molecular weight excluding hydrogens is 302 g/mol. The molecule has 6 heteroatoms. The number of aryl methyl sites for hydroxylation is 1. The summed E-state index contributed by atoms with van der Waals surface area (Å²) in [5, 5.41) is 0. The zero-order chi connectivity index (χ0) is 17.3. The molecule has 1 aliphatic heterocycles. The number of aromatic nitrogens is 4. The molecule has 0 bridgehead atoms. The van der Waals surface area contributed by atoms with Crippen molar-refractivity contribution in [3.05, 3.63) is 51.2 Å². The van der Waals surface area contributed by atoms with Gasteiger partial charge in [0.2, 0.25) is 0 Å². The van der Waals surface area contributed by atoms with Crippen molar-refractivity contribution < 1.29 is 0 Å². The summed E-state index contributed by atoms with van der Waals surface area (Å²) in [4.78, 5) is 28.3. The van der Waals surface area contributed by atoms with E-state index in [0.29, 0.717) is 5.92 Å². The minimum absolute atomic E-state index is 0.101. The van der Waals surface area contributed by atoms with Crippen LogP contribution in [0.15, 0.2) is 17.2 Å². The standard InChI is InChI=1S/C18H25N5O/c1-12(2)17-19-9-14(10-20-17)11-23-7-5-15-16(6-8-23)21-13(3)22(4)18(15)24/h9-10,12H,5-8,11H2,1-4H3. The third-order valence-corrected chi connectivity index (χ3v) is 4.68. The van der Waals surface area contributed by atoms with E-state index in [0.717, 1.165) is 60.9 Å². The second-order valence-electron chi connectivity index (χ2n) is 6.83. The molecule has 0 radical (unpaired) electrons. The van der Waals surface area contributed by atoms with Gasteiger partial charge >= 0.3 is 0 Å². The molecule has 0 amide bonds. The first-order chi connectivity index (χ1) is 11.5. The van der Waals surface area contributed by atoms with Gasteiger partial charge in [-0.2, -0.15) is 0 Å². The smallest absolute Gasteiger partial charge is 0.256 e. The first-order valence-corrected chi connectivity index (χ1v) is 8.54. The van der Waals surface area contributed by atoms with Crippen molar-refractivity contribution in [2.45, 2.75) is 46.1 Å². The average molecular weight is 327 g/mol. The van der Waals surface area contributed by atoms with Gasteiger partial charge in [0.25, 0.3) is 5.56 Å². The molecule has 2 aromatic heterocycles. The van der Waals surface area contributed by atoms with E-state index in [4.69, 9.17) is 0 Å². The Morgan fingerprint density at radius 1 is 1.17 bits per heavy atom. The topological polar surface area (TPSA) is 63.9 Å². The predicted molar refractivity (Wildman–Crippen MR) is 93.0 cm³/mol. The zero-order valence-electron chi connectivity index (χ0n) is 14.9. The number of hydrogen-bond acceptors (Lipinski definition) is 5. The van der Waals surface area contributed by atoms with E-state index in [1.54, 1.807) is 11.6 Å². The van der Waals surface area contributed by atoms with E-state index < -0.39 is 0 Å². The van der Waals surface area contributed by atoms with Crippen molar-refractivity contribution in [1.82, 2.24) is 24.4 Å². The highest BCUT2D eigenvalue weighted by molar-refractivity contribution is 5.21. The minimum Gasteiger partial charge on any atom is -0.300 e. The van der Waals surface area contributed by atoms with E-state index >= 15 is 0 Å². The third kappa shape index (κ3) is 3.38. The molecule has 0 aliphatic carbocycles. The lowest BCUT2D eigenvalue weighted by molar-refractivity contribution is 0.278. The highest BCUT2D eigenvalue weighted by Gasteiger charge is 2.19. The van der Waals surface area contributed by atoms with Crippen molar-refractivity contribution in [3.8, 4) is 0 Å². The summed E-state index contributed by atoms with van der Waals surface area (Å²) in [6.07, 6.45) is 5.40. The lowest BCUT2D eigenvalue weighted by Crippen LogP contribution is -2.28. The Bertz CT molecular complexity index is 779. The molecular formula is C18H25N5O. The van der Waals surface area contributed by atoms with Crippen LogP contribution < -0.4 is 5.56 Å². The molecule has 128 valence electrons. The SMILES string of the molecule is Cc1nc2c(c(=O)n1C)CCN(Cc1cnc(C(C)C)nc1)CC2. The molecule has 0 spiro atoms. The highest BCUT2D eigenvalue weighted by Crippen LogP contribution is 2.14. The first-order valence-electron chi connectivity index (χ1n) is 8.54. The van der Waals surface area contributed by atoms with Gasteiger partial charge in [-0.15, -0.1) is 0 Å². The fraction of sp³-hybridized carbons (Fsp3) is 0.556. The summed E-state index contributed by atoms with van der Waals surface area (Å²) in [5.41, 5.74) is 3.05. The maximum Gasteiger partial charge on any atom is 0.256 e. The van der Waals surface area contributed by atoms with Crippen LogP contribution >= 0.6 is 0 Å². The van der Waals surface area contributed by atoms with Gasteiger partial charge in [-0.1, -0.05) is 13.8 Å². The Hall–Kier alpha value is -2.08. The van der Waals surface area contributed by atoms with E-state index in [1.165, 1.54) is 0 Å². The quantitative estimate of drug-likeness (QED) is 0.857. The molecule has 6 nitrogen and oxygen atoms in total. The normalized spacial score (nSPS) is 15.4. The maximum absolute atomic E-state index is 12.4. The zero-order valence-corrected chi connectivity index (χ0v) is 14.9. The fourth-order valence-corrected chi connectivity index (χ4v) is 3.08. The van der Waals surface area contributed by atoms with E-state index in [1.807, 2.05) is 19.3 Å². The highest BCUT2D eigenvalue weighted by atomic mass is 16.1. The van der Waals surface area contributed by atoms with E-state index in [2.05, 4.69) is 33.7 Å². The Balaban J connectivity index is 1.73. The van der Waals surface area contributed by atoms with E-state index in [-0.39, 0.29) is 5.56 Å². The van der Waals surface area contributed by atoms with Crippen molar-refractivity contribution in [2.24, 2.45) is 7.05 Å². The van der Waals surface area contributed by atoms with Crippen LogP contribution in [-0.2, 0) is 26.4 Å². The number of fused-ring (bicyclic) bond motifs is 1. The van der Waals surface area contributed by atoms with Crippen LogP contribution in [0, 0.1) is 6.92 Å². The summed E-state index contributed by atoms with van der Waals surface area (Å²) in [6.45, 7) is 8.65. The summed E-state index contributed by atoms with van der Waals surface area (Å²) in [6, 6.07) is 0. The van der Waals surface area contributed by atoms with Gasteiger partial charge in [-0.05, 0) is 13.3 Å². The van der Waals surface area contributed by atoms with Crippen molar-refractivity contribution in [2.75, 3.05) is 13.1 Å². The van der Waals surface area contributed by atoms with Crippen LogP contribution in [0.25, 0.3) is 0 Å². The lowest BCUT2D eigenvalue weighted by Gasteiger charge is -2.19. The van der Waals surface area contributed by atoms with Crippen LogP contribution in [0.3, 0.4) is 0 Å². The molecule has 0 saturated heterocycles. The Kier molecular flexibility index (Phi) is 4.76. The monoisotopic (exact) mass is 327 g/mol. The molecule has 3 heterocycles. The Morgan fingerprint density at radius 2 is 1.83 bits per heavy atom. The average Bonchev–Trinajstić information content (AvgIpc) is 2.76. The molecule has 0 atom stereocenters. The largest absolute Gasteiger partial charge is 0.300 e. The van der Waals surface area contributed by atoms with Crippen LogP contribution in [-0.4, -0.2) is 37.5 Å². The molecule has 0 N–H and O–H groups in total. The van der Waals surface area contributed by atoms with Gasteiger partial charge in [0.1, 0.15) is 11.6 Å². The van der Waals surface area contributed by atoms with Gasteiger partial charge < -0.3 is 0 Å². The van der Waals surface area contributed by atoms with Crippen LogP contribution in [0.4, 0.5) is 0 Å². The van der Waals surface area contributed by atoms with Gasteiger partial charge in [-0.3, -0.25) is 14.3 Å². The van der Waals surface area contributed by atoms with Crippen molar-refractivity contribution >= 4 is 0 Å². The van der Waals surface area contributed by atoms with Crippen LogP contribution in [0.1, 0.15) is 48.2 Å². The second kappa shape index (κ2) is 6.81. The molecule has 24 heavy (non-hydrogen) atoms.